The van der Waals surface area contributed by atoms with Gasteiger partial charge >= 0.3 is 5.97 Å². The molecule has 0 bridgehead atoms. The van der Waals surface area contributed by atoms with Gasteiger partial charge in [0.15, 0.2) is 0 Å². The third-order valence-corrected chi connectivity index (χ3v) is 2.32. The van der Waals surface area contributed by atoms with E-state index in [1.54, 1.807) is 6.07 Å². The van der Waals surface area contributed by atoms with E-state index in [1.807, 2.05) is 6.07 Å². The van der Waals surface area contributed by atoms with Gasteiger partial charge < -0.3 is 15.9 Å². The summed E-state index contributed by atoms with van der Waals surface area (Å²) in [6, 6.07) is 6.25. The number of nitrogens with two attached hydrogens (primary N) is 1. The smallest absolute Gasteiger partial charge is 0.304 e. The quantitative estimate of drug-likeness (QED) is 0.695. The van der Waals surface area contributed by atoms with E-state index in [2.05, 4.69) is 0 Å². The van der Waals surface area contributed by atoms with E-state index in [0.29, 0.717) is 5.56 Å². The molecule has 0 aliphatic heterocycles. The lowest BCUT2D eigenvalue weighted by molar-refractivity contribution is -0.137. The van der Waals surface area contributed by atoms with Crippen molar-refractivity contribution < 1.29 is 15.0 Å². The fourth-order valence-corrected chi connectivity index (χ4v) is 1.45. The molecule has 0 aliphatic rings. The number of phenols is 1. The predicted molar refractivity (Wildman–Crippen MR) is 56.9 cm³/mol. The largest absolute Gasteiger partial charge is 0.507 e. The Morgan fingerprint density at radius 1 is 1.56 bits per heavy atom. The van der Waals surface area contributed by atoms with Gasteiger partial charge in [0, 0.05) is 5.92 Å². The van der Waals surface area contributed by atoms with Gasteiger partial charge in [0.1, 0.15) is 11.8 Å². The van der Waals surface area contributed by atoms with Crippen molar-refractivity contribution in [2.45, 2.75) is 12.3 Å². The van der Waals surface area contributed by atoms with Crippen LogP contribution in [0.2, 0.25) is 0 Å². The van der Waals surface area contributed by atoms with Crippen molar-refractivity contribution in [2.24, 2.45) is 5.73 Å². The Labute approximate surface area is 92.7 Å². The van der Waals surface area contributed by atoms with Crippen LogP contribution in [0.3, 0.4) is 0 Å². The monoisotopic (exact) mass is 220 g/mol. The summed E-state index contributed by atoms with van der Waals surface area (Å²) in [5.41, 5.74) is 6.25. The second-order valence-electron chi connectivity index (χ2n) is 3.42. The third-order valence-electron chi connectivity index (χ3n) is 2.32. The number of aromatic hydroxyl groups is 1. The minimum atomic E-state index is -0.943. The van der Waals surface area contributed by atoms with E-state index >= 15 is 0 Å². The molecule has 84 valence electrons. The highest BCUT2D eigenvalue weighted by atomic mass is 16.4. The van der Waals surface area contributed by atoms with E-state index in [9.17, 15) is 9.90 Å². The van der Waals surface area contributed by atoms with Crippen LogP contribution in [0.1, 0.15) is 23.5 Å². The van der Waals surface area contributed by atoms with Crippen molar-refractivity contribution in [2.75, 3.05) is 6.54 Å². The second-order valence-corrected chi connectivity index (χ2v) is 3.42. The van der Waals surface area contributed by atoms with E-state index < -0.39 is 5.97 Å². The maximum atomic E-state index is 10.6. The molecule has 0 aromatic heterocycles. The lowest BCUT2D eigenvalue weighted by Crippen LogP contribution is -2.16. The summed E-state index contributed by atoms with van der Waals surface area (Å²) < 4.78 is 0. The minimum absolute atomic E-state index is 0.0911. The molecule has 1 aromatic carbocycles. The van der Waals surface area contributed by atoms with Gasteiger partial charge in [0.2, 0.25) is 0 Å². The van der Waals surface area contributed by atoms with Crippen LogP contribution >= 0.6 is 0 Å². The molecule has 5 nitrogen and oxygen atoms in total. The lowest BCUT2D eigenvalue weighted by Gasteiger charge is -2.13. The highest BCUT2D eigenvalue weighted by Gasteiger charge is 2.15. The summed E-state index contributed by atoms with van der Waals surface area (Å²) in [4.78, 5) is 10.6. The molecule has 1 unspecified atom stereocenters. The van der Waals surface area contributed by atoms with Gasteiger partial charge in [-0.2, -0.15) is 5.26 Å². The van der Waals surface area contributed by atoms with Crippen LogP contribution in [0.15, 0.2) is 18.2 Å². The highest BCUT2D eigenvalue weighted by Crippen LogP contribution is 2.24. The predicted octanol–water partition coefficient (Wildman–Crippen LogP) is 0.781. The third kappa shape index (κ3) is 2.72. The van der Waals surface area contributed by atoms with Crippen molar-refractivity contribution in [1.82, 2.24) is 0 Å². The number of hydrogen-bond donors (Lipinski definition) is 3. The molecule has 0 spiro atoms. The second kappa shape index (κ2) is 5.14. The van der Waals surface area contributed by atoms with Crippen molar-refractivity contribution in [3.8, 4) is 11.8 Å². The van der Waals surface area contributed by atoms with Crippen molar-refractivity contribution in [1.29, 1.82) is 5.26 Å². The zero-order chi connectivity index (χ0) is 12.1. The molecule has 0 heterocycles. The molecule has 0 aliphatic carbocycles. The van der Waals surface area contributed by atoms with Gasteiger partial charge in [-0.25, -0.2) is 0 Å². The summed E-state index contributed by atoms with van der Waals surface area (Å²) >= 11 is 0. The van der Waals surface area contributed by atoms with Gasteiger partial charge in [0.25, 0.3) is 0 Å². The number of aliphatic carboxylic acids is 1. The molecule has 1 atom stereocenters. The van der Waals surface area contributed by atoms with Gasteiger partial charge in [-0.3, -0.25) is 4.79 Å². The Kier molecular flexibility index (Phi) is 3.86. The molecule has 1 aromatic rings. The number of nitrogens with zero attached hydrogens (tertiary/aromatic N) is 1. The molecule has 0 saturated heterocycles. The highest BCUT2D eigenvalue weighted by molar-refractivity contribution is 5.68. The molecule has 0 radical (unpaired) electrons. The van der Waals surface area contributed by atoms with Crippen LogP contribution in [0.25, 0.3) is 0 Å². The number of rotatable bonds is 4. The molecule has 0 saturated carbocycles. The summed E-state index contributed by atoms with van der Waals surface area (Å²) in [5.74, 6) is -1.40. The standard InChI is InChI=1S/C11H12N2O3/c12-5-8(4-11(15)16)7-1-2-10(14)9(3-7)6-13/h1-3,8,14H,4-5,12H2,(H,15,16). The lowest BCUT2D eigenvalue weighted by atomic mass is 9.94. The number of carbonyl (C=O) groups is 1. The molecular formula is C11H12N2O3. The maximum Gasteiger partial charge on any atom is 0.304 e. The molecule has 16 heavy (non-hydrogen) atoms. The van der Waals surface area contributed by atoms with E-state index in [1.165, 1.54) is 12.1 Å². The first-order chi connectivity index (χ1) is 7.58. The normalized spacial score (nSPS) is 11.8. The average molecular weight is 220 g/mol. The Morgan fingerprint density at radius 3 is 2.75 bits per heavy atom. The Morgan fingerprint density at radius 2 is 2.25 bits per heavy atom. The summed E-state index contributed by atoms with van der Waals surface area (Å²) in [6.45, 7) is 0.182. The molecule has 0 amide bonds. The first-order valence-corrected chi connectivity index (χ1v) is 4.73. The Hall–Kier alpha value is -2.06. The first-order valence-electron chi connectivity index (χ1n) is 4.73. The number of hydrogen-bond acceptors (Lipinski definition) is 4. The summed E-state index contributed by atoms with van der Waals surface area (Å²) in [5, 5.41) is 26.7. The minimum Gasteiger partial charge on any atom is -0.507 e. The summed E-state index contributed by atoms with van der Waals surface area (Å²) in [6.07, 6.45) is -0.0911. The topological polar surface area (TPSA) is 107 Å². The maximum absolute atomic E-state index is 10.6. The first kappa shape index (κ1) is 12.0. The van der Waals surface area contributed by atoms with E-state index in [0.717, 1.165) is 0 Å². The number of benzene rings is 1. The molecule has 0 fully saturated rings. The Balaban J connectivity index is 3.02. The van der Waals surface area contributed by atoms with Crippen molar-refractivity contribution in [3.05, 3.63) is 29.3 Å². The number of carboxylic acids is 1. The van der Waals surface area contributed by atoms with Crippen LogP contribution < -0.4 is 5.73 Å². The molecule has 1 rings (SSSR count). The molecule has 4 N–H and O–H groups in total. The van der Waals surface area contributed by atoms with Crippen LogP contribution in [0, 0.1) is 11.3 Å². The SMILES string of the molecule is N#Cc1cc(C(CN)CC(=O)O)ccc1O. The fraction of sp³-hybridized carbons (Fsp3) is 0.273. The molecule has 5 heteroatoms. The van der Waals surface area contributed by atoms with Gasteiger partial charge in [-0.15, -0.1) is 0 Å². The van der Waals surface area contributed by atoms with Crippen LogP contribution in [-0.4, -0.2) is 22.7 Å². The number of phenolic OH excluding ortho intramolecular Hbond substituents is 1. The average Bonchev–Trinajstić information content (AvgIpc) is 2.26. The van der Waals surface area contributed by atoms with Crippen molar-refractivity contribution >= 4 is 5.97 Å². The van der Waals surface area contributed by atoms with Crippen LogP contribution in [-0.2, 0) is 4.79 Å². The van der Waals surface area contributed by atoms with Crippen LogP contribution in [0.4, 0.5) is 0 Å². The van der Waals surface area contributed by atoms with Gasteiger partial charge in [0.05, 0.1) is 12.0 Å². The van der Waals surface area contributed by atoms with Gasteiger partial charge in [-0.1, -0.05) is 6.07 Å². The number of carboxylic acid groups (broad SMARTS) is 1. The molecular weight excluding hydrogens is 208 g/mol. The summed E-state index contributed by atoms with van der Waals surface area (Å²) in [7, 11) is 0. The van der Waals surface area contributed by atoms with E-state index in [4.69, 9.17) is 16.1 Å². The fourth-order valence-electron chi connectivity index (χ4n) is 1.45. The van der Waals surface area contributed by atoms with Gasteiger partial charge in [-0.05, 0) is 24.2 Å². The number of nitriles is 1. The Bertz CT molecular complexity index is 437. The van der Waals surface area contributed by atoms with E-state index in [-0.39, 0.29) is 30.2 Å². The zero-order valence-corrected chi connectivity index (χ0v) is 8.55. The zero-order valence-electron chi connectivity index (χ0n) is 8.55. The van der Waals surface area contributed by atoms with Crippen molar-refractivity contribution in [3.63, 3.8) is 0 Å². The van der Waals surface area contributed by atoms with Crippen LogP contribution in [0.5, 0.6) is 5.75 Å².